The minimum absolute atomic E-state index is 0.574. The molecular formula is C15H23N. The first-order valence-electron chi connectivity index (χ1n) is 6.41. The summed E-state index contributed by atoms with van der Waals surface area (Å²) in [6, 6.07) is 11.4. The normalized spacial score (nSPS) is 24.1. The summed E-state index contributed by atoms with van der Waals surface area (Å²) in [7, 11) is 0. The second-order valence-electron chi connectivity index (χ2n) is 5.68. The van der Waals surface area contributed by atoms with Gasteiger partial charge in [0, 0.05) is 12.6 Å². The molecule has 2 unspecified atom stereocenters. The van der Waals surface area contributed by atoms with Crippen LogP contribution in [0.25, 0.3) is 0 Å². The number of rotatable bonds is 5. The Labute approximate surface area is 99.3 Å². The zero-order valence-electron chi connectivity index (χ0n) is 10.7. The molecule has 0 radical (unpaired) electrons. The Hall–Kier alpha value is -0.820. The van der Waals surface area contributed by atoms with Crippen LogP contribution in [-0.2, 0) is 6.54 Å². The van der Waals surface area contributed by atoms with Gasteiger partial charge >= 0.3 is 0 Å². The van der Waals surface area contributed by atoms with Crippen molar-refractivity contribution in [3.8, 4) is 0 Å². The summed E-state index contributed by atoms with van der Waals surface area (Å²) in [6.07, 6.45) is 2.62. The van der Waals surface area contributed by atoms with E-state index >= 15 is 0 Å². The van der Waals surface area contributed by atoms with Gasteiger partial charge in [-0.3, -0.25) is 0 Å². The second-order valence-corrected chi connectivity index (χ2v) is 5.68. The van der Waals surface area contributed by atoms with E-state index in [2.05, 4.69) is 56.4 Å². The van der Waals surface area contributed by atoms with Crippen molar-refractivity contribution in [1.29, 1.82) is 0 Å². The van der Waals surface area contributed by atoms with Crippen LogP contribution >= 0.6 is 0 Å². The number of hydrogen-bond acceptors (Lipinski definition) is 1. The third kappa shape index (κ3) is 2.65. The highest BCUT2D eigenvalue weighted by atomic mass is 14.9. The predicted molar refractivity (Wildman–Crippen MR) is 69.2 cm³/mol. The quantitative estimate of drug-likeness (QED) is 0.794. The highest BCUT2D eigenvalue weighted by Gasteiger charge is 2.49. The van der Waals surface area contributed by atoms with Crippen LogP contribution in [0.1, 0.15) is 39.2 Å². The fourth-order valence-corrected chi connectivity index (χ4v) is 2.61. The zero-order chi connectivity index (χ0) is 11.6. The highest BCUT2D eigenvalue weighted by Crippen LogP contribution is 2.54. The lowest BCUT2D eigenvalue weighted by Crippen LogP contribution is -2.31. The van der Waals surface area contributed by atoms with Gasteiger partial charge in [0.25, 0.3) is 0 Å². The monoisotopic (exact) mass is 217 g/mol. The lowest BCUT2D eigenvalue weighted by molar-refractivity contribution is 0.393. The summed E-state index contributed by atoms with van der Waals surface area (Å²) in [4.78, 5) is 0. The van der Waals surface area contributed by atoms with Crippen molar-refractivity contribution in [3.63, 3.8) is 0 Å². The first-order chi connectivity index (χ1) is 7.63. The minimum atomic E-state index is 0.574. The maximum atomic E-state index is 3.70. The van der Waals surface area contributed by atoms with Crippen molar-refractivity contribution >= 4 is 0 Å². The molecule has 1 heteroatoms. The van der Waals surface area contributed by atoms with Crippen LogP contribution in [0.15, 0.2) is 30.3 Å². The molecule has 1 aliphatic carbocycles. The first-order valence-corrected chi connectivity index (χ1v) is 6.41. The van der Waals surface area contributed by atoms with Gasteiger partial charge in [0.2, 0.25) is 0 Å². The molecule has 16 heavy (non-hydrogen) atoms. The van der Waals surface area contributed by atoms with Gasteiger partial charge in [0.05, 0.1) is 0 Å². The van der Waals surface area contributed by atoms with Crippen LogP contribution in [0.3, 0.4) is 0 Å². The molecule has 0 amide bonds. The Morgan fingerprint density at radius 3 is 2.44 bits per heavy atom. The van der Waals surface area contributed by atoms with Gasteiger partial charge < -0.3 is 5.32 Å². The molecule has 2 rings (SSSR count). The third-order valence-electron chi connectivity index (χ3n) is 3.93. The molecule has 0 aliphatic heterocycles. The third-order valence-corrected chi connectivity index (χ3v) is 3.93. The van der Waals surface area contributed by atoms with Crippen molar-refractivity contribution in [2.45, 2.75) is 46.2 Å². The molecule has 1 aromatic carbocycles. The van der Waals surface area contributed by atoms with Gasteiger partial charge in [0.1, 0.15) is 0 Å². The Bertz CT molecular complexity index is 329. The van der Waals surface area contributed by atoms with E-state index in [1.54, 1.807) is 0 Å². The fourth-order valence-electron chi connectivity index (χ4n) is 2.61. The SMILES string of the molecule is CCC(NCc1ccccc1)C1CC1(C)C. The van der Waals surface area contributed by atoms with Gasteiger partial charge in [-0.2, -0.15) is 0 Å². The van der Waals surface area contributed by atoms with Crippen LogP contribution in [-0.4, -0.2) is 6.04 Å². The molecule has 0 spiro atoms. The summed E-state index contributed by atoms with van der Waals surface area (Å²) in [5.41, 5.74) is 1.96. The van der Waals surface area contributed by atoms with Crippen molar-refractivity contribution < 1.29 is 0 Å². The topological polar surface area (TPSA) is 12.0 Å². The number of hydrogen-bond donors (Lipinski definition) is 1. The first kappa shape index (κ1) is 11.7. The maximum Gasteiger partial charge on any atom is 0.0208 e. The average Bonchev–Trinajstić information content (AvgIpc) is 2.90. The molecule has 0 heterocycles. The van der Waals surface area contributed by atoms with Crippen molar-refractivity contribution in [1.82, 2.24) is 5.32 Å². The van der Waals surface area contributed by atoms with Gasteiger partial charge in [-0.05, 0) is 29.7 Å². The van der Waals surface area contributed by atoms with E-state index in [0.29, 0.717) is 11.5 Å². The molecular weight excluding hydrogens is 194 g/mol. The van der Waals surface area contributed by atoms with E-state index in [4.69, 9.17) is 0 Å². The molecule has 88 valence electrons. The van der Waals surface area contributed by atoms with E-state index < -0.39 is 0 Å². The van der Waals surface area contributed by atoms with E-state index in [1.807, 2.05) is 0 Å². The highest BCUT2D eigenvalue weighted by molar-refractivity contribution is 5.14. The molecule has 1 saturated carbocycles. The van der Waals surface area contributed by atoms with E-state index in [1.165, 1.54) is 18.4 Å². The minimum Gasteiger partial charge on any atom is -0.310 e. The van der Waals surface area contributed by atoms with Crippen molar-refractivity contribution in [2.75, 3.05) is 0 Å². The van der Waals surface area contributed by atoms with Crippen molar-refractivity contribution in [2.24, 2.45) is 11.3 Å². The average molecular weight is 217 g/mol. The Morgan fingerprint density at radius 2 is 1.94 bits per heavy atom. The Balaban J connectivity index is 1.85. The Kier molecular flexibility index (Phi) is 3.34. The lowest BCUT2D eigenvalue weighted by Gasteiger charge is -2.18. The number of benzene rings is 1. The van der Waals surface area contributed by atoms with Gasteiger partial charge in [-0.1, -0.05) is 51.1 Å². The van der Waals surface area contributed by atoms with Crippen LogP contribution in [0, 0.1) is 11.3 Å². The molecule has 1 aromatic rings. The van der Waals surface area contributed by atoms with E-state index in [9.17, 15) is 0 Å². The largest absolute Gasteiger partial charge is 0.310 e. The molecule has 0 aromatic heterocycles. The van der Waals surface area contributed by atoms with E-state index in [-0.39, 0.29) is 0 Å². The summed E-state index contributed by atoms with van der Waals surface area (Å²) < 4.78 is 0. The summed E-state index contributed by atoms with van der Waals surface area (Å²) in [6.45, 7) is 8.05. The maximum absolute atomic E-state index is 3.70. The van der Waals surface area contributed by atoms with Crippen LogP contribution < -0.4 is 5.32 Å². The summed E-state index contributed by atoms with van der Waals surface area (Å²) in [5, 5.41) is 3.70. The van der Waals surface area contributed by atoms with Gasteiger partial charge in [-0.25, -0.2) is 0 Å². The number of nitrogens with one attached hydrogen (secondary N) is 1. The molecule has 1 fully saturated rings. The van der Waals surface area contributed by atoms with Gasteiger partial charge in [-0.15, -0.1) is 0 Å². The second kappa shape index (κ2) is 4.58. The van der Waals surface area contributed by atoms with E-state index in [0.717, 1.165) is 12.5 Å². The fraction of sp³-hybridized carbons (Fsp3) is 0.600. The molecule has 2 atom stereocenters. The van der Waals surface area contributed by atoms with Crippen molar-refractivity contribution in [3.05, 3.63) is 35.9 Å². The molecule has 0 bridgehead atoms. The van der Waals surface area contributed by atoms with Crippen LogP contribution in [0.4, 0.5) is 0 Å². The molecule has 0 saturated heterocycles. The Morgan fingerprint density at radius 1 is 1.31 bits per heavy atom. The predicted octanol–water partition coefficient (Wildman–Crippen LogP) is 3.60. The van der Waals surface area contributed by atoms with Gasteiger partial charge in [0.15, 0.2) is 0 Å². The lowest BCUT2D eigenvalue weighted by atomic mass is 10.0. The standard InChI is InChI=1S/C15H23N/c1-4-14(13-10-15(13,2)3)16-11-12-8-6-5-7-9-12/h5-9,13-14,16H,4,10-11H2,1-3H3. The van der Waals surface area contributed by atoms with Crippen LogP contribution in [0.5, 0.6) is 0 Å². The smallest absolute Gasteiger partial charge is 0.0208 e. The molecule has 1 N–H and O–H groups in total. The summed E-state index contributed by atoms with van der Waals surface area (Å²) in [5.74, 6) is 0.876. The zero-order valence-corrected chi connectivity index (χ0v) is 10.7. The van der Waals surface area contributed by atoms with Crippen LogP contribution in [0.2, 0.25) is 0 Å². The molecule has 1 nitrogen and oxygen atoms in total. The molecule has 1 aliphatic rings. The summed E-state index contributed by atoms with van der Waals surface area (Å²) >= 11 is 0.